The zero-order valence-electron chi connectivity index (χ0n) is 17.9. The van der Waals surface area contributed by atoms with E-state index in [4.69, 9.17) is 4.74 Å². The number of amides is 1. The van der Waals surface area contributed by atoms with Gasteiger partial charge < -0.3 is 14.6 Å². The SMILES string of the molecule is CCOC(=O)c1cc(S(=O)(=O)N2CCCC2C(=O)NC2CCCCCCC2)cn1C. The van der Waals surface area contributed by atoms with Crippen LogP contribution in [0.2, 0.25) is 0 Å². The van der Waals surface area contributed by atoms with Gasteiger partial charge in [0.2, 0.25) is 15.9 Å². The van der Waals surface area contributed by atoms with E-state index in [9.17, 15) is 18.0 Å². The summed E-state index contributed by atoms with van der Waals surface area (Å²) in [5.74, 6) is -0.773. The number of aromatic nitrogens is 1. The lowest BCUT2D eigenvalue weighted by Crippen LogP contribution is -2.48. The molecule has 0 aromatic carbocycles. The number of nitrogens with one attached hydrogen (secondary N) is 1. The molecule has 2 fully saturated rings. The van der Waals surface area contributed by atoms with Crippen molar-refractivity contribution in [3.63, 3.8) is 0 Å². The van der Waals surface area contributed by atoms with Gasteiger partial charge in [-0.1, -0.05) is 32.1 Å². The smallest absolute Gasteiger partial charge is 0.354 e. The van der Waals surface area contributed by atoms with Gasteiger partial charge in [-0.25, -0.2) is 13.2 Å². The van der Waals surface area contributed by atoms with Crippen molar-refractivity contribution in [3.8, 4) is 0 Å². The second-order valence-electron chi connectivity index (χ2n) is 8.22. The first kappa shape index (κ1) is 22.8. The van der Waals surface area contributed by atoms with Crippen LogP contribution in [0.4, 0.5) is 0 Å². The Labute approximate surface area is 179 Å². The van der Waals surface area contributed by atoms with Crippen molar-refractivity contribution < 1.29 is 22.7 Å². The number of esters is 1. The van der Waals surface area contributed by atoms with E-state index in [2.05, 4.69) is 5.32 Å². The number of nitrogens with zero attached hydrogens (tertiary/aromatic N) is 2. The molecule has 2 heterocycles. The fourth-order valence-electron chi connectivity index (χ4n) is 4.41. The molecule has 1 saturated carbocycles. The molecule has 168 valence electrons. The van der Waals surface area contributed by atoms with Gasteiger partial charge in [0.05, 0.1) is 6.61 Å². The minimum atomic E-state index is -3.89. The van der Waals surface area contributed by atoms with Gasteiger partial charge in [0, 0.05) is 25.8 Å². The number of sulfonamides is 1. The fraction of sp³-hybridized carbons (Fsp3) is 0.714. The van der Waals surface area contributed by atoms with Crippen molar-refractivity contribution in [1.29, 1.82) is 0 Å². The Morgan fingerprint density at radius 1 is 1.10 bits per heavy atom. The predicted molar refractivity (Wildman–Crippen MR) is 113 cm³/mol. The van der Waals surface area contributed by atoms with Gasteiger partial charge in [-0.15, -0.1) is 0 Å². The zero-order chi connectivity index (χ0) is 21.7. The van der Waals surface area contributed by atoms with E-state index in [1.807, 2.05) is 0 Å². The molecule has 1 saturated heterocycles. The predicted octanol–water partition coefficient (Wildman–Crippen LogP) is 2.58. The van der Waals surface area contributed by atoms with Crippen molar-refractivity contribution in [3.05, 3.63) is 18.0 Å². The maximum Gasteiger partial charge on any atom is 0.354 e. The normalized spacial score (nSPS) is 21.7. The molecule has 1 aromatic rings. The van der Waals surface area contributed by atoms with Crippen LogP contribution in [-0.4, -0.2) is 54.4 Å². The number of aryl methyl sites for hydroxylation is 1. The van der Waals surface area contributed by atoms with Gasteiger partial charge in [0.25, 0.3) is 0 Å². The van der Waals surface area contributed by atoms with Crippen molar-refractivity contribution in [2.75, 3.05) is 13.2 Å². The van der Waals surface area contributed by atoms with Gasteiger partial charge in [-0.05, 0) is 38.7 Å². The molecule has 0 radical (unpaired) electrons. The lowest BCUT2D eigenvalue weighted by atomic mass is 9.96. The summed E-state index contributed by atoms with van der Waals surface area (Å²) in [5.41, 5.74) is 0.171. The van der Waals surface area contributed by atoms with E-state index in [1.54, 1.807) is 14.0 Å². The topological polar surface area (TPSA) is 97.7 Å². The second kappa shape index (κ2) is 9.96. The number of hydrogen-bond acceptors (Lipinski definition) is 5. The summed E-state index contributed by atoms with van der Waals surface area (Å²) < 4.78 is 34.3. The Hall–Kier alpha value is -1.87. The highest BCUT2D eigenvalue weighted by Gasteiger charge is 2.40. The van der Waals surface area contributed by atoms with Gasteiger partial charge in [-0.3, -0.25) is 4.79 Å². The third-order valence-corrected chi connectivity index (χ3v) is 7.90. The maximum atomic E-state index is 13.3. The molecule has 1 unspecified atom stereocenters. The van der Waals surface area contributed by atoms with Crippen LogP contribution in [0.1, 0.15) is 75.2 Å². The first-order chi connectivity index (χ1) is 14.3. The highest BCUT2D eigenvalue weighted by Crippen LogP contribution is 2.28. The van der Waals surface area contributed by atoms with E-state index < -0.39 is 22.0 Å². The van der Waals surface area contributed by atoms with Crippen LogP contribution >= 0.6 is 0 Å². The standard InChI is InChI=1S/C21H33N3O5S/c1-3-29-21(26)19-14-17(15-23(19)2)30(27,28)24-13-9-12-18(24)20(25)22-16-10-7-5-4-6-8-11-16/h14-16,18H,3-13H2,1-2H3,(H,22,25). The van der Waals surface area contributed by atoms with Crippen LogP contribution in [-0.2, 0) is 26.6 Å². The molecule has 1 atom stereocenters. The minimum Gasteiger partial charge on any atom is -0.461 e. The maximum absolute atomic E-state index is 13.3. The summed E-state index contributed by atoms with van der Waals surface area (Å²) in [6.45, 7) is 2.21. The number of carbonyl (C=O) groups excluding carboxylic acids is 2. The zero-order valence-corrected chi connectivity index (χ0v) is 18.7. The van der Waals surface area contributed by atoms with E-state index in [-0.39, 0.29) is 29.1 Å². The average Bonchev–Trinajstić information content (AvgIpc) is 3.31. The molecular formula is C21H33N3O5S. The molecule has 30 heavy (non-hydrogen) atoms. The lowest BCUT2D eigenvalue weighted by Gasteiger charge is -2.26. The largest absolute Gasteiger partial charge is 0.461 e. The van der Waals surface area contributed by atoms with Crippen LogP contribution in [0, 0.1) is 0 Å². The Balaban J connectivity index is 1.74. The lowest BCUT2D eigenvalue weighted by molar-refractivity contribution is -0.125. The Bertz CT molecular complexity index is 856. The van der Waals surface area contributed by atoms with Crippen molar-refractivity contribution >= 4 is 21.9 Å². The number of rotatable bonds is 6. The molecule has 2 aliphatic rings. The summed E-state index contributed by atoms with van der Waals surface area (Å²) in [6.07, 6.45) is 10.3. The van der Waals surface area contributed by atoms with E-state index in [0.717, 1.165) is 25.7 Å². The number of hydrogen-bond donors (Lipinski definition) is 1. The van der Waals surface area contributed by atoms with Crippen molar-refractivity contribution in [2.45, 2.75) is 81.7 Å². The molecule has 0 spiro atoms. The van der Waals surface area contributed by atoms with E-state index in [1.165, 1.54) is 40.4 Å². The molecule has 1 N–H and O–H groups in total. The summed E-state index contributed by atoms with van der Waals surface area (Å²) >= 11 is 0. The average molecular weight is 440 g/mol. The van der Waals surface area contributed by atoms with Crippen molar-refractivity contribution in [2.24, 2.45) is 7.05 Å². The molecule has 3 rings (SSSR count). The quantitative estimate of drug-likeness (QED) is 0.687. The van der Waals surface area contributed by atoms with Gasteiger partial charge in [0.15, 0.2) is 0 Å². The molecule has 1 amide bonds. The van der Waals surface area contributed by atoms with E-state index in [0.29, 0.717) is 19.4 Å². The number of ether oxygens (including phenoxy) is 1. The van der Waals surface area contributed by atoms with E-state index >= 15 is 0 Å². The molecule has 1 aliphatic heterocycles. The van der Waals surface area contributed by atoms with Gasteiger partial charge >= 0.3 is 5.97 Å². The van der Waals surface area contributed by atoms with Crippen LogP contribution in [0.15, 0.2) is 17.2 Å². The summed E-state index contributed by atoms with van der Waals surface area (Å²) in [7, 11) is -2.29. The molecule has 9 heteroatoms. The van der Waals surface area contributed by atoms with Crippen LogP contribution in [0.5, 0.6) is 0 Å². The third kappa shape index (κ3) is 5.06. The minimum absolute atomic E-state index is 0.0127. The molecule has 8 nitrogen and oxygen atoms in total. The molecule has 1 aromatic heterocycles. The Kier molecular flexibility index (Phi) is 7.57. The summed E-state index contributed by atoms with van der Waals surface area (Å²) in [6, 6.07) is 0.747. The van der Waals surface area contributed by atoms with Crippen molar-refractivity contribution in [1.82, 2.24) is 14.2 Å². The van der Waals surface area contributed by atoms with Gasteiger partial charge in [0.1, 0.15) is 16.6 Å². The first-order valence-electron chi connectivity index (χ1n) is 11.0. The Morgan fingerprint density at radius 3 is 2.43 bits per heavy atom. The monoisotopic (exact) mass is 439 g/mol. The Morgan fingerprint density at radius 2 is 1.77 bits per heavy atom. The van der Waals surface area contributed by atoms with Crippen LogP contribution in [0.3, 0.4) is 0 Å². The fourth-order valence-corrected chi connectivity index (χ4v) is 6.13. The second-order valence-corrected chi connectivity index (χ2v) is 10.1. The summed E-state index contributed by atoms with van der Waals surface area (Å²) in [5, 5.41) is 3.11. The van der Waals surface area contributed by atoms with Crippen LogP contribution in [0.25, 0.3) is 0 Å². The number of carbonyl (C=O) groups is 2. The van der Waals surface area contributed by atoms with Crippen LogP contribution < -0.4 is 5.32 Å². The molecule has 0 bridgehead atoms. The highest BCUT2D eigenvalue weighted by atomic mass is 32.2. The highest BCUT2D eigenvalue weighted by molar-refractivity contribution is 7.89. The molecule has 1 aliphatic carbocycles. The first-order valence-corrected chi connectivity index (χ1v) is 12.4. The summed E-state index contributed by atoms with van der Waals surface area (Å²) in [4.78, 5) is 25.0. The van der Waals surface area contributed by atoms with Gasteiger partial charge in [-0.2, -0.15) is 4.31 Å². The molecular weight excluding hydrogens is 406 g/mol. The third-order valence-electron chi connectivity index (χ3n) is 6.03.